The van der Waals surface area contributed by atoms with E-state index in [-0.39, 0.29) is 0 Å². The molecule has 0 radical (unpaired) electrons. The maximum Gasteiger partial charge on any atom is 0.0655 e. The fourth-order valence-corrected chi connectivity index (χ4v) is 7.13. The number of benzene rings is 5. The molecule has 7 rings (SSSR count). The Labute approximate surface area is 293 Å². The van der Waals surface area contributed by atoms with Crippen LogP contribution in [-0.4, -0.2) is 4.57 Å². The normalized spacial score (nSPS) is 12.9. The van der Waals surface area contributed by atoms with Crippen LogP contribution in [0.3, 0.4) is 0 Å². The number of aromatic nitrogens is 1. The van der Waals surface area contributed by atoms with E-state index >= 15 is 0 Å². The monoisotopic (exact) mass is 650 g/mol. The molecule has 0 unspecified atom stereocenters. The van der Waals surface area contributed by atoms with Gasteiger partial charge >= 0.3 is 0 Å². The molecule has 1 N–H and O–H groups in total. The lowest BCUT2D eigenvalue weighted by molar-refractivity contribution is 1.06. The minimum absolute atomic E-state index is 1.07. The SMILES string of the molecule is C/C(=C\C=C(/C)c1cc2c(s1)c1ccccc1n2-c1ccccc1)N/C=C/C=C(\C=C/c1ccc(-c2ccccc2)cc1)c1ccccc1. The molecule has 0 saturated heterocycles. The lowest BCUT2D eigenvalue weighted by Gasteiger charge is -2.06. The molecule has 2 heterocycles. The molecule has 0 aliphatic heterocycles. The summed E-state index contributed by atoms with van der Waals surface area (Å²) in [6, 6.07) is 51.3. The Morgan fingerprint density at radius 2 is 1.29 bits per heavy atom. The molecule has 0 aliphatic carbocycles. The molecule has 49 heavy (non-hydrogen) atoms. The van der Waals surface area contributed by atoms with E-state index in [1.807, 2.05) is 23.6 Å². The highest BCUT2D eigenvalue weighted by atomic mass is 32.1. The maximum absolute atomic E-state index is 3.43. The van der Waals surface area contributed by atoms with E-state index in [0.29, 0.717) is 0 Å². The summed E-state index contributed by atoms with van der Waals surface area (Å²) in [4.78, 5) is 1.27. The Kier molecular flexibility index (Phi) is 9.63. The standard InChI is InChI=1S/C46H38N2S/c1-34(45-33-44-46(49-45)42-22-12-13-23-43(42)48(44)41-20-10-5-11-21-41)24-25-35(2)47-32-14-19-39(37-15-6-3-7-16-37)29-26-36-27-30-40(31-28-36)38-17-8-4-9-18-38/h3-33,47H,1-2H3/b29-26-,32-14+,34-24+,35-25+,39-19+. The van der Waals surface area contributed by atoms with Gasteiger partial charge in [0.15, 0.2) is 0 Å². The van der Waals surface area contributed by atoms with Crippen molar-refractivity contribution in [1.82, 2.24) is 9.88 Å². The Hall–Kier alpha value is -5.90. The van der Waals surface area contributed by atoms with Crippen molar-refractivity contribution < 1.29 is 0 Å². The fraction of sp³-hybridized carbons (Fsp3) is 0.0435. The van der Waals surface area contributed by atoms with Crippen LogP contribution in [0.5, 0.6) is 0 Å². The minimum Gasteiger partial charge on any atom is -0.365 e. The summed E-state index contributed by atoms with van der Waals surface area (Å²) in [6.45, 7) is 4.28. The molecule has 238 valence electrons. The number of thiophene rings is 1. The van der Waals surface area contributed by atoms with E-state index in [9.17, 15) is 0 Å². The third kappa shape index (κ3) is 7.33. The van der Waals surface area contributed by atoms with Crippen LogP contribution < -0.4 is 5.32 Å². The second-order valence-corrected chi connectivity index (χ2v) is 13.1. The quantitative estimate of drug-likeness (QED) is 0.146. The molecule has 0 bridgehead atoms. The number of fused-ring (bicyclic) bond motifs is 3. The highest BCUT2D eigenvalue weighted by Crippen LogP contribution is 2.39. The smallest absolute Gasteiger partial charge is 0.0655 e. The number of para-hydroxylation sites is 2. The first-order valence-electron chi connectivity index (χ1n) is 16.6. The molecule has 7 aromatic rings. The van der Waals surface area contributed by atoms with Gasteiger partial charge in [0.1, 0.15) is 0 Å². The van der Waals surface area contributed by atoms with Gasteiger partial charge in [-0.05, 0) is 83.7 Å². The van der Waals surface area contributed by atoms with Gasteiger partial charge in [-0.15, -0.1) is 11.3 Å². The Balaban J connectivity index is 1.06. The van der Waals surface area contributed by atoms with Gasteiger partial charge in [-0.1, -0.05) is 146 Å². The molecule has 0 fully saturated rings. The average molecular weight is 651 g/mol. The predicted octanol–water partition coefficient (Wildman–Crippen LogP) is 12.7. The highest BCUT2D eigenvalue weighted by Gasteiger charge is 2.15. The van der Waals surface area contributed by atoms with Gasteiger partial charge in [-0.2, -0.15) is 0 Å². The molecule has 0 saturated carbocycles. The van der Waals surface area contributed by atoms with Crippen molar-refractivity contribution >= 4 is 49.7 Å². The lowest BCUT2D eigenvalue weighted by atomic mass is 10.0. The van der Waals surface area contributed by atoms with Crippen LogP contribution in [0.15, 0.2) is 188 Å². The second-order valence-electron chi connectivity index (χ2n) is 12.0. The molecule has 2 nitrogen and oxygen atoms in total. The minimum atomic E-state index is 1.07. The van der Waals surface area contributed by atoms with Gasteiger partial charge < -0.3 is 9.88 Å². The Morgan fingerprint density at radius 3 is 2.04 bits per heavy atom. The average Bonchev–Trinajstić information content (AvgIpc) is 3.73. The molecule has 0 aliphatic rings. The van der Waals surface area contributed by atoms with Crippen LogP contribution in [0.4, 0.5) is 0 Å². The summed E-state index contributed by atoms with van der Waals surface area (Å²) in [5, 5.41) is 4.73. The summed E-state index contributed by atoms with van der Waals surface area (Å²) in [6.07, 6.45) is 14.9. The molecule has 5 aromatic carbocycles. The zero-order valence-electron chi connectivity index (χ0n) is 27.8. The van der Waals surface area contributed by atoms with Crippen LogP contribution in [0, 0.1) is 0 Å². The second kappa shape index (κ2) is 14.9. The number of rotatable bonds is 10. The highest BCUT2D eigenvalue weighted by molar-refractivity contribution is 7.21. The molecular weight excluding hydrogens is 613 g/mol. The molecule has 0 spiro atoms. The summed E-state index contributed by atoms with van der Waals surface area (Å²) < 4.78 is 3.70. The summed E-state index contributed by atoms with van der Waals surface area (Å²) in [7, 11) is 0. The van der Waals surface area contributed by atoms with E-state index in [2.05, 4.69) is 200 Å². The molecule has 0 amide bonds. The predicted molar refractivity (Wildman–Crippen MR) is 214 cm³/mol. The first-order valence-corrected chi connectivity index (χ1v) is 17.4. The number of hydrogen-bond donors (Lipinski definition) is 1. The van der Waals surface area contributed by atoms with Crippen molar-refractivity contribution in [2.24, 2.45) is 0 Å². The van der Waals surface area contributed by atoms with Crippen LogP contribution in [0.1, 0.15) is 29.9 Å². The zero-order chi connectivity index (χ0) is 33.4. The van der Waals surface area contributed by atoms with Crippen LogP contribution in [0.2, 0.25) is 0 Å². The number of allylic oxidation sites excluding steroid dienone is 8. The number of hydrogen-bond acceptors (Lipinski definition) is 2. The van der Waals surface area contributed by atoms with E-state index in [1.165, 1.54) is 53.9 Å². The molecule has 2 aromatic heterocycles. The zero-order valence-corrected chi connectivity index (χ0v) is 28.6. The number of nitrogens with zero attached hydrogens (tertiary/aromatic N) is 1. The fourth-order valence-electron chi connectivity index (χ4n) is 5.97. The van der Waals surface area contributed by atoms with Crippen molar-refractivity contribution in [3.05, 3.63) is 204 Å². The number of nitrogens with one attached hydrogen (secondary N) is 1. The molecule has 0 atom stereocenters. The van der Waals surface area contributed by atoms with Gasteiger partial charge in [0.25, 0.3) is 0 Å². The molecule has 3 heteroatoms. The largest absolute Gasteiger partial charge is 0.365 e. The van der Waals surface area contributed by atoms with Gasteiger partial charge in [-0.25, -0.2) is 0 Å². The van der Waals surface area contributed by atoms with Gasteiger partial charge in [-0.3, -0.25) is 0 Å². The van der Waals surface area contributed by atoms with Crippen molar-refractivity contribution in [2.75, 3.05) is 0 Å². The summed E-state index contributed by atoms with van der Waals surface area (Å²) in [5.74, 6) is 0. The van der Waals surface area contributed by atoms with Crippen molar-refractivity contribution in [1.29, 1.82) is 0 Å². The summed E-state index contributed by atoms with van der Waals surface area (Å²) >= 11 is 1.86. The van der Waals surface area contributed by atoms with E-state index < -0.39 is 0 Å². The van der Waals surface area contributed by atoms with Gasteiger partial charge in [0, 0.05) is 27.8 Å². The Morgan fingerprint density at radius 1 is 0.633 bits per heavy atom. The van der Waals surface area contributed by atoms with E-state index in [4.69, 9.17) is 0 Å². The van der Waals surface area contributed by atoms with Gasteiger partial charge in [0.2, 0.25) is 0 Å². The van der Waals surface area contributed by atoms with Crippen molar-refractivity contribution in [2.45, 2.75) is 13.8 Å². The first kappa shape index (κ1) is 31.7. The Bertz CT molecular complexity index is 2330. The van der Waals surface area contributed by atoms with E-state index in [0.717, 1.165) is 16.8 Å². The lowest BCUT2D eigenvalue weighted by Crippen LogP contribution is -1.99. The third-order valence-corrected chi connectivity index (χ3v) is 9.89. The van der Waals surface area contributed by atoms with Crippen molar-refractivity contribution in [3.63, 3.8) is 0 Å². The topological polar surface area (TPSA) is 17.0 Å². The third-order valence-electron chi connectivity index (χ3n) is 8.59. The first-order chi connectivity index (χ1) is 24.1. The van der Waals surface area contributed by atoms with Gasteiger partial charge in [0.05, 0.1) is 15.7 Å². The van der Waals surface area contributed by atoms with Crippen molar-refractivity contribution in [3.8, 4) is 16.8 Å². The maximum atomic E-state index is 3.43. The van der Waals surface area contributed by atoms with Crippen LogP contribution in [0.25, 0.3) is 55.2 Å². The molecular formula is C46H38N2S. The van der Waals surface area contributed by atoms with Crippen LogP contribution in [-0.2, 0) is 0 Å². The van der Waals surface area contributed by atoms with Crippen LogP contribution >= 0.6 is 11.3 Å². The van der Waals surface area contributed by atoms with E-state index in [1.54, 1.807) is 0 Å². The summed E-state index contributed by atoms with van der Waals surface area (Å²) in [5.41, 5.74) is 11.9.